The van der Waals surface area contributed by atoms with Crippen LogP contribution in [0.3, 0.4) is 0 Å². The maximum Gasteiger partial charge on any atom is 0.267 e. The number of nitrogens with one attached hydrogen (secondary N) is 1. The number of aromatic nitrogens is 2. The molecule has 3 aromatic rings. The lowest BCUT2D eigenvalue weighted by atomic mass is 10.1. The Balaban J connectivity index is 1.99. The van der Waals surface area contributed by atoms with Crippen LogP contribution in [-0.4, -0.2) is 10.2 Å². The molecule has 3 nitrogen and oxygen atoms in total. The van der Waals surface area contributed by atoms with Crippen LogP contribution in [0.15, 0.2) is 44.5 Å². The maximum absolute atomic E-state index is 11.8. The zero-order chi connectivity index (χ0) is 12.4. The molecule has 5 heteroatoms. The summed E-state index contributed by atoms with van der Waals surface area (Å²) in [5.74, 6) is 0. The molecule has 18 heavy (non-hydrogen) atoms. The van der Waals surface area contributed by atoms with E-state index in [4.69, 9.17) is 0 Å². The van der Waals surface area contributed by atoms with Gasteiger partial charge in [0.25, 0.3) is 5.56 Å². The fourth-order valence-electron chi connectivity index (χ4n) is 1.75. The zero-order valence-corrected chi connectivity index (χ0v) is 11.1. The number of rotatable bonds is 3. The molecule has 3 rings (SSSR count). The summed E-state index contributed by atoms with van der Waals surface area (Å²) in [5.41, 5.74) is 3.67. The summed E-state index contributed by atoms with van der Waals surface area (Å²) in [6, 6.07) is 5.91. The summed E-state index contributed by atoms with van der Waals surface area (Å²) in [7, 11) is 0. The highest BCUT2D eigenvalue weighted by molar-refractivity contribution is 7.08. The van der Waals surface area contributed by atoms with E-state index in [0.29, 0.717) is 6.42 Å². The topological polar surface area (TPSA) is 45.8 Å². The lowest BCUT2D eigenvalue weighted by molar-refractivity contribution is 0.956. The number of aromatic amines is 1. The first-order chi connectivity index (χ1) is 8.83. The molecule has 0 aliphatic heterocycles. The van der Waals surface area contributed by atoms with Crippen molar-refractivity contribution in [2.75, 3.05) is 0 Å². The molecule has 3 heterocycles. The number of hydrogen-bond acceptors (Lipinski definition) is 4. The first-order valence-corrected chi connectivity index (χ1v) is 7.34. The van der Waals surface area contributed by atoms with Crippen molar-refractivity contribution in [1.29, 1.82) is 0 Å². The molecule has 1 N–H and O–H groups in total. The molecule has 0 aliphatic rings. The third-order valence-corrected chi connectivity index (χ3v) is 4.09. The Morgan fingerprint density at radius 2 is 2.00 bits per heavy atom. The standard InChI is InChI=1S/C13H10N2OS2/c16-13-11(5-9-1-3-17-7-9)6-12(14-15-13)10-2-4-18-8-10/h1-4,6-8H,5H2,(H,15,16). The molecular weight excluding hydrogens is 264 g/mol. The maximum atomic E-state index is 11.8. The van der Waals surface area contributed by atoms with Crippen LogP contribution in [0, 0.1) is 0 Å². The van der Waals surface area contributed by atoms with Gasteiger partial charge in [-0.1, -0.05) is 0 Å². The molecule has 0 unspecified atom stereocenters. The van der Waals surface area contributed by atoms with Crippen LogP contribution in [-0.2, 0) is 6.42 Å². The SMILES string of the molecule is O=c1[nH]nc(-c2ccsc2)cc1Cc1ccsc1. The molecule has 0 radical (unpaired) electrons. The Hall–Kier alpha value is -1.72. The van der Waals surface area contributed by atoms with Crippen molar-refractivity contribution in [2.24, 2.45) is 0 Å². The number of thiophene rings is 2. The predicted octanol–water partition coefficient (Wildman–Crippen LogP) is 3.15. The molecule has 0 bridgehead atoms. The minimum absolute atomic E-state index is 0.111. The molecule has 0 amide bonds. The van der Waals surface area contributed by atoms with E-state index in [1.54, 1.807) is 22.7 Å². The highest BCUT2D eigenvalue weighted by Crippen LogP contribution is 2.20. The summed E-state index contributed by atoms with van der Waals surface area (Å²) < 4.78 is 0. The van der Waals surface area contributed by atoms with Gasteiger partial charge in [-0.15, -0.1) is 0 Å². The van der Waals surface area contributed by atoms with Gasteiger partial charge in [-0.05, 0) is 39.9 Å². The molecule has 90 valence electrons. The van der Waals surface area contributed by atoms with Gasteiger partial charge in [0, 0.05) is 22.9 Å². The first-order valence-electron chi connectivity index (χ1n) is 5.45. The molecule has 0 saturated carbocycles. The van der Waals surface area contributed by atoms with Crippen molar-refractivity contribution in [3.63, 3.8) is 0 Å². The average molecular weight is 274 g/mol. The van der Waals surface area contributed by atoms with E-state index < -0.39 is 0 Å². The third kappa shape index (κ3) is 2.27. The van der Waals surface area contributed by atoms with Gasteiger partial charge < -0.3 is 0 Å². The van der Waals surface area contributed by atoms with Crippen molar-refractivity contribution >= 4 is 22.7 Å². The van der Waals surface area contributed by atoms with Crippen LogP contribution in [0.2, 0.25) is 0 Å². The lowest BCUT2D eigenvalue weighted by Gasteiger charge is -2.01. The number of H-pyrrole nitrogens is 1. The van der Waals surface area contributed by atoms with E-state index in [0.717, 1.165) is 22.4 Å². The van der Waals surface area contributed by atoms with Crippen molar-refractivity contribution in [3.05, 3.63) is 61.2 Å². The van der Waals surface area contributed by atoms with E-state index in [2.05, 4.69) is 15.6 Å². The Morgan fingerprint density at radius 1 is 1.17 bits per heavy atom. The number of nitrogens with zero attached hydrogens (tertiary/aromatic N) is 1. The lowest BCUT2D eigenvalue weighted by Crippen LogP contribution is -2.14. The van der Waals surface area contributed by atoms with Gasteiger partial charge >= 0.3 is 0 Å². The summed E-state index contributed by atoms with van der Waals surface area (Å²) in [4.78, 5) is 11.8. The minimum Gasteiger partial charge on any atom is -0.268 e. The summed E-state index contributed by atoms with van der Waals surface area (Å²) in [6.45, 7) is 0. The van der Waals surface area contributed by atoms with Gasteiger partial charge in [0.2, 0.25) is 0 Å². The fourth-order valence-corrected chi connectivity index (χ4v) is 3.07. The second kappa shape index (κ2) is 4.88. The van der Waals surface area contributed by atoms with Gasteiger partial charge in [-0.2, -0.15) is 27.8 Å². The van der Waals surface area contributed by atoms with E-state index in [1.165, 1.54) is 0 Å². The highest BCUT2D eigenvalue weighted by atomic mass is 32.1. The van der Waals surface area contributed by atoms with Crippen LogP contribution in [0.4, 0.5) is 0 Å². The van der Waals surface area contributed by atoms with Crippen molar-refractivity contribution in [1.82, 2.24) is 10.2 Å². The minimum atomic E-state index is -0.111. The molecule has 0 aromatic carbocycles. The average Bonchev–Trinajstić information content (AvgIpc) is 3.04. The van der Waals surface area contributed by atoms with Crippen LogP contribution in [0.25, 0.3) is 11.3 Å². The van der Waals surface area contributed by atoms with Gasteiger partial charge in [-0.25, -0.2) is 5.10 Å². The Kier molecular flexibility index (Phi) is 3.08. The molecule has 0 fully saturated rings. The molecule has 0 atom stereocenters. The summed E-state index contributed by atoms with van der Waals surface area (Å²) >= 11 is 3.26. The Labute approximate surface area is 112 Å². The van der Waals surface area contributed by atoms with Crippen molar-refractivity contribution in [2.45, 2.75) is 6.42 Å². The molecule has 0 spiro atoms. The van der Waals surface area contributed by atoms with Crippen LogP contribution < -0.4 is 5.56 Å². The third-order valence-electron chi connectivity index (χ3n) is 2.67. The van der Waals surface area contributed by atoms with Crippen LogP contribution >= 0.6 is 22.7 Å². The normalized spacial score (nSPS) is 10.7. The molecule has 0 saturated heterocycles. The zero-order valence-electron chi connectivity index (χ0n) is 9.42. The predicted molar refractivity (Wildman–Crippen MR) is 75.3 cm³/mol. The van der Waals surface area contributed by atoms with E-state index in [-0.39, 0.29) is 5.56 Å². The quantitative estimate of drug-likeness (QED) is 0.797. The molecule has 0 aliphatic carbocycles. The second-order valence-corrected chi connectivity index (χ2v) is 5.49. The second-order valence-electron chi connectivity index (χ2n) is 3.93. The summed E-state index contributed by atoms with van der Waals surface area (Å²) in [5, 5.41) is 14.8. The molecular formula is C13H10N2OS2. The van der Waals surface area contributed by atoms with E-state index in [1.807, 2.05) is 34.3 Å². The molecule has 3 aromatic heterocycles. The van der Waals surface area contributed by atoms with Gasteiger partial charge in [0.15, 0.2) is 0 Å². The van der Waals surface area contributed by atoms with Gasteiger partial charge in [0.1, 0.15) is 0 Å². The van der Waals surface area contributed by atoms with Crippen LogP contribution in [0.1, 0.15) is 11.1 Å². The largest absolute Gasteiger partial charge is 0.268 e. The fraction of sp³-hybridized carbons (Fsp3) is 0.0769. The van der Waals surface area contributed by atoms with Gasteiger partial charge in [0.05, 0.1) is 5.69 Å². The Bertz CT molecular complexity index is 684. The number of hydrogen-bond donors (Lipinski definition) is 1. The van der Waals surface area contributed by atoms with Crippen molar-refractivity contribution in [3.8, 4) is 11.3 Å². The highest BCUT2D eigenvalue weighted by Gasteiger charge is 2.06. The van der Waals surface area contributed by atoms with E-state index >= 15 is 0 Å². The van der Waals surface area contributed by atoms with Crippen molar-refractivity contribution < 1.29 is 0 Å². The summed E-state index contributed by atoms with van der Waals surface area (Å²) in [6.07, 6.45) is 0.651. The monoisotopic (exact) mass is 274 g/mol. The van der Waals surface area contributed by atoms with Gasteiger partial charge in [-0.3, -0.25) is 4.79 Å². The van der Waals surface area contributed by atoms with E-state index in [9.17, 15) is 4.79 Å². The van der Waals surface area contributed by atoms with Crippen LogP contribution in [0.5, 0.6) is 0 Å². The Morgan fingerprint density at radius 3 is 2.72 bits per heavy atom. The first kappa shape index (κ1) is 11.4. The smallest absolute Gasteiger partial charge is 0.267 e.